The van der Waals surface area contributed by atoms with Gasteiger partial charge in [-0.2, -0.15) is 11.3 Å². The van der Waals surface area contributed by atoms with Crippen LogP contribution in [0.1, 0.15) is 0 Å². The Morgan fingerprint density at radius 3 is 2.77 bits per heavy atom. The first-order chi connectivity index (χ1) is 6.27. The summed E-state index contributed by atoms with van der Waals surface area (Å²) in [4.78, 5) is 7.96. The fourth-order valence-corrected chi connectivity index (χ4v) is 2.48. The Morgan fingerprint density at radius 1 is 1.31 bits per heavy atom. The molecule has 0 fully saturated rings. The molecule has 2 aromatic rings. The van der Waals surface area contributed by atoms with Gasteiger partial charge in [-0.1, -0.05) is 0 Å². The van der Waals surface area contributed by atoms with Crippen LogP contribution in [-0.2, 0) is 0 Å². The van der Waals surface area contributed by atoms with Crippen molar-refractivity contribution < 1.29 is 0 Å². The molecule has 0 amide bonds. The monoisotopic (exact) mass is 255 g/mol. The predicted molar refractivity (Wildman–Crippen MR) is 57.5 cm³/mol. The van der Waals surface area contributed by atoms with Gasteiger partial charge in [0.15, 0.2) is 0 Å². The summed E-state index contributed by atoms with van der Waals surface area (Å²) in [6, 6.07) is 1.76. The number of nitrogens with two attached hydrogens (primary N) is 1. The van der Waals surface area contributed by atoms with Crippen molar-refractivity contribution in [3.8, 4) is 11.3 Å². The molecule has 13 heavy (non-hydrogen) atoms. The molecule has 0 aliphatic heterocycles. The first kappa shape index (κ1) is 8.65. The number of anilines is 1. The minimum Gasteiger partial charge on any atom is -0.384 e. The molecule has 0 atom stereocenters. The highest BCUT2D eigenvalue weighted by Gasteiger charge is 2.05. The Hall–Kier alpha value is -0.940. The van der Waals surface area contributed by atoms with E-state index in [0.717, 1.165) is 15.7 Å². The summed E-state index contributed by atoms with van der Waals surface area (Å²) in [5.41, 5.74) is 7.45. The van der Waals surface area contributed by atoms with Crippen molar-refractivity contribution in [2.75, 3.05) is 5.73 Å². The number of nitrogens with zero attached hydrogens (tertiary/aromatic N) is 2. The molecule has 0 saturated heterocycles. The molecule has 66 valence electrons. The number of hydrogen-bond acceptors (Lipinski definition) is 4. The van der Waals surface area contributed by atoms with Crippen LogP contribution < -0.4 is 5.73 Å². The highest BCUT2D eigenvalue weighted by molar-refractivity contribution is 9.10. The van der Waals surface area contributed by atoms with Crippen LogP contribution in [0.5, 0.6) is 0 Å². The molecule has 0 bridgehead atoms. The van der Waals surface area contributed by atoms with Crippen molar-refractivity contribution >= 4 is 33.1 Å². The van der Waals surface area contributed by atoms with Gasteiger partial charge in [-0.3, -0.25) is 0 Å². The Balaban J connectivity index is 2.53. The van der Waals surface area contributed by atoms with E-state index in [2.05, 4.69) is 25.9 Å². The summed E-state index contributed by atoms with van der Waals surface area (Å²) in [6.07, 6.45) is 1.47. The van der Waals surface area contributed by atoms with Crippen molar-refractivity contribution in [3.05, 3.63) is 27.6 Å². The number of thiophene rings is 1. The molecule has 5 heteroatoms. The van der Waals surface area contributed by atoms with E-state index in [1.54, 1.807) is 17.4 Å². The second-order valence-corrected chi connectivity index (χ2v) is 4.06. The number of aromatic nitrogens is 2. The maximum absolute atomic E-state index is 5.55. The minimum atomic E-state index is 0.489. The second-order valence-electron chi connectivity index (χ2n) is 2.46. The maximum Gasteiger partial charge on any atom is 0.127 e. The zero-order chi connectivity index (χ0) is 9.26. The Labute approximate surface area is 87.8 Å². The lowest BCUT2D eigenvalue weighted by Crippen LogP contribution is -1.91. The van der Waals surface area contributed by atoms with Crippen LogP contribution >= 0.6 is 27.3 Å². The van der Waals surface area contributed by atoms with Crippen molar-refractivity contribution in [2.24, 2.45) is 0 Å². The molecule has 0 aliphatic rings. The Kier molecular flexibility index (Phi) is 2.28. The first-order valence-corrected chi connectivity index (χ1v) is 5.30. The van der Waals surface area contributed by atoms with Crippen molar-refractivity contribution in [1.29, 1.82) is 0 Å². The molecule has 0 saturated carbocycles. The average Bonchev–Trinajstić information content (AvgIpc) is 2.51. The van der Waals surface area contributed by atoms with Gasteiger partial charge in [0.1, 0.15) is 12.1 Å². The predicted octanol–water partition coefficient (Wildman–Crippen LogP) is 2.55. The summed E-state index contributed by atoms with van der Waals surface area (Å²) in [6.45, 7) is 0. The fraction of sp³-hybridized carbons (Fsp3) is 0. The van der Waals surface area contributed by atoms with Gasteiger partial charge in [-0.05, 0) is 15.9 Å². The summed E-state index contributed by atoms with van der Waals surface area (Å²) >= 11 is 5.06. The van der Waals surface area contributed by atoms with Gasteiger partial charge in [0, 0.05) is 26.9 Å². The molecular formula is C8H6BrN3S. The molecule has 2 rings (SSSR count). The number of rotatable bonds is 1. The van der Waals surface area contributed by atoms with Crippen molar-refractivity contribution in [3.63, 3.8) is 0 Å². The molecule has 2 heterocycles. The molecule has 0 unspecified atom stereocenters. The van der Waals surface area contributed by atoms with E-state index in [0.29, 0.717) is 5.82 Å². The van der Waals surface area contributed by atoms with E-state index in [9.17, 15) is 0 Å². The van der Waals surface area contributed by atoms with Gasteiger partial charge >= 0.3 is 0 Å². The molecule has 3 nitrogen and oxygen atoms in total. The van der Waals surface area contributed by atoms with Gasteiger partial charge in [0.2, 0.25) is 0 Å². The number of halogens is 1. The fourth-order valence-electron chi connectivity index (χ4n) is 0.984. The molecule has 0 aromatic carbocycles. The first-order valence-electron chi connectivity index (χ1n) is 3.57. The molecule has 2 aromatic heterocycles. The summed E-state index contributed by atoms with van der Waals surface area (Å²) < 4.78 is 1.04. The van der Waals surface area contributed by atoms with Gasteiger partial charge in [-0.25, -0.2) is 9.97 Å². The lowest BCUT2D eigenvalue weighted by Gasteiger charge is -1.98. The molecule has 2 N–H and O–H groups in total. The lowest BCUT2D eigenvalue weighted by molar-refractivity contribution is 1.18. The summed E-state index contributed by atoms with van der Waals surface area (Å²) in [7, 11) is 0. The SMILES string of the molecule is Nc1cc(-c2cscc2Br)ncn1. The third kappa shape index (κ3) is 1.71. The number of hydrogen-bond donors (Lipinski definition) is 1. The van der Waals surface area contributed by atoms with E-state index in [1.165, 1.54) is 6.33 Å². The van der Waals surface area contributed by atoms with Crippen LogP contribution in [-0.4, -0.2) is 9.97 Å². The van der Waals surface area contributed by atoms with E-state index in [-0.39, 0.29) is 0 Å². The van der Waals surface area contributed by atoms with Crippen LogP contribution in [0.25, 0.3) is 11.3 Å². The minimum absolute atomic E-state index is 0.489. The average molecular weight is 256 g/mol. The third-order valence-corrected chi connectivity index (χ3v) is 3.28. The van der Waals surface area contributed by atoms with Gasteiger partial charge < -0.3 is 5.73 Å². The summed E-state index contributed by atoms with van der Waals surface area (Å²) in [5, 5.41) is 4.03. The van der Waals surface area contributed by atoms with Crippen LogP contribution in [0.3, 0.4) is 0 Å². The van der Waals surface area contributed by atoms with E-state index in [1.807, 2.05) is 10.8 Å². The van der Waals surface area contributed by atoms with Gasteiger partial charge in [-0.15, -0.1) is 0 Å². The van der Waals surface area contributed by atoms with Crippen LogP contribution in [0.4, 0.5) is 5.82 Å². The third-order valence-electron chi connectivity index (χ3n) is 1.58. The van der Waals surface area contributed by atoms with E-state index in [4.69, 9.17) is 5.73 Å². The summed E-state index contributed by atoms with van der Waals surface area (Å²) in [5.74, 6) is 0.489. The highest BCUT2D eigenvalue weighted by atomic mass is 79.9. The largest absolute Gasteiger partial charge is 0.384 e. The van der Waals surface area contributed by atoms with Crippen molar-refractivity contribution in [2.45, 2.75) is 0 Å². The standard InChI is InChI=1S/C8H6BrN3S/c9-6-3-13-2-5(6)7-1-8(10)12-4-11-7/h1-4H,(H2,10,11,12). The maximum atomic E-state index is 5.55. The van der Waals surface area contributed by atoms with E-state index < -0.39 is 0 Å². The molecular weight excluding hydrogens is 250 g/mol. The molecule has 0 spiro atoms. The lowest BCUT2D eigenvalue weighted by atomic mass is 10.2. The highest BCUT2D eigenvalue weighted by Crippen LogP contribution is 2.30. The normalized spacial score (nSPS) is 10.2. The quantitative estimate of drug-likeness (QED) is 0.853. The van der Waals surface area contributed by atoms with Gasteiger partial charge in [0.05, 0.1) is 5.69 Å². The topological polar surface area (TPSA) is 51.8 Å². The zero-order valence-corrected chi connectivity index (χ0v) is 8.97. The second kappa shape index (κ2) is 3.43. The molecule has 0 radical (unpaired) electrons. The Morgan fingerprint density at radius 2 is 2.15 bits per heavy atom. The van der Waals surface area contributed by atoms with Crippen molar-refractivity contribution in [1.82, 2.24) is 9.97 Å². The van der Waals surface area contributed by atoms with Gasteiger partial charge in [0.25, 0.3) is 0 Å². The zero-order valence-electron chi connectivity index (χ0n) is 6.57. The number of nitrogen functional groups attached to an aromatic ring is 1. The van der Waals surface area contributed by atoms with Crippen LogP contribution in [0.15, 0.2) is 27.6 Å². The Bertz CT molecular complexity index is 427. The van der Waals surface area contributed by atoms with E-state index >= 15 is 0 Å². The molecule has 0 aliphatic carbocycles. The van der Waals surface area contributed by atoms with Crippen LogP contribution in [0.2, 0.25) is 0 Å². The smallest absolute Gasteiger partial charge is 0.127 e. The van der Waals surface area contributed by atoms with Crippen LogP contribution in [0, 0.1) is 0 Å².